The van der Waals surface area contributed by atoms with E-state index in [9.17, 15) is 0 Å². The number of benzene rings is 1. The Morgan fingerprint density at radius 2 is 1.92 bits per heavy atom. The van der Waals surface area contributed by atoms with E-state index in [2.05, 4.69) is 12.7 Å². The van der Waals surface area contributed by atoms with Gasteiger partial charge in [0, 0.05) is 5.69 Å². The Balaban J connectivity index is 2.58. The van der Waals surface area contributed by atoms with Crippen LogP contribution in [0.2, 0.25) is 0 Å². The Kier molecular flexibility index (Phi) is 3.15. The molecule has 1 aromatic rings. The summed E-state index contributed by atoms with van der Waals surface area (Å²) in [6.45, 7) is 3.60. The minimum absolute atomic E-state index is 0.812. The third kappa shape index (κ3) is 2.62. The van der Waals surface area contributed by atoms with E-state index >= 15 is 0 Å². The van der Waals surface area contributed by atoms with E-state index in [-0.39, 0.29) is 0 Å². The first-order valence-corrected chi connectivity index (χ1v) is 3.95. The molecule has 0 aromatic heterocycles. The third-order valence-corrected chi connectivity index (χ3v) is 1.61. The number of hydrogen-bond acceptors (Lipinski definition) is 1. The van der Waals surface area contributed by atoms with Gasteiger partial charge in [0.25, 0.3) is 0 Å². The van der Waals surface area contributed by atoms with Crippen molar-refractivity contribution in [2.24, 2.45) is 0 Å². The van der Waals surface area contributed by atoms with Crippen LogP contribution in [0.3, 0.4) is 0 Å². The Bertz CT molecular complexity index is 270. The van der Waals surface area contributed by atoms with Gasteiger partial charge in [-0.3, -0.25) is 0 Å². The molecule has 0 saturated carbocycles. The lowest BCUT2D eigenvalue weighted by molar-refractivity contribution is 1.27. The maximum absolute atomic E-state index is 5.55. The minimum atomic E-state index is 0.812. The summed E-state index contributed by atoms with van der Waals surface area (Å²) >= 11 is 0. The standard InChI is InChI=1S/C11H13N/c1-2-3-4-5-10-6-8-11(12)9-7-10/h2-4,6-9H,1,5,12H2. The summed E-state index contributed by atoms with van der Waals surface area (Å²) < 4.78 is 0. The van der Waals surface area contributed by atoms with Crippen molar-refractivity contribution in [1.29, 1.82) is 0 Å². The quantitative estimate of drug-likeness (QED) is 0.532. The molecular formula is C11H13N. The van der Waals surface area contributed by atoms with Gasteiger partial charge in [-0.15, -0.1) is 0 Å². The Morgan fingerprint density at radius 1 is 1.25 bits per heavy atom. The zero-order valence-electron chi connectivity index (χ0n) is 7.03. The average Bonchev–Trinajstić information content (AvgIpc) is 2.09. The van der Waals surface area contributed by atoms with Crippen LogP contribution < -0.4 is 5.73 Å². The topological polar surface area (TPSA) is 26.0 Å². The molecule has 0 unspecified atom stereocenters. The number of anilines is 1. The molecule has 0 fully saturated rings. The fourth-order valence-corrected chi connectivity index (χ4v) is 0.954. The van der Waals surface area contributed by atoms with Crippen molar-refractivity contribution in [2.45, 2.75) is 6.42 Å². The minimum Gasteiger partial charge on any atom is -0.399 e. The van der Waals surface area contributed by atoms with Crippen molar-refractivity contribution in [3.63, 3.8) is 0 Å². The highest BCUT2D eigenvalue weighted by Crippen LogP contribution is 2.06. The molecule has 0 atom stereocenters. The van der Waals surface area contributed by atoms with E-state index in [1.165, 1.54) is 5.56 Å². The van der Waals surface area contributed by atoms with E-state index in [0.29, 0.717) is 0 Å². The lowest BCUT2D eigenvalue weighted by Crippen LogP contribution is -1.85. The van der Waals surface area contributed by atoms with Gasteiger partial charge in [-0.25, -0.2) is 0 Å². The van der Waals surface area contributed by atoms with E-state index in [4.69, 9.17) is 5.73 Å². The summed E-state index contributed by atoms with van der Waals surface area (Å²) in [6, 6.07) is 7.89. The van der Waals surface area contributed by atoms with E-state index < -0.39 is 0 Å². The van der Waals surface area contributed by atoms with Gasteiger partial charge in [-0.1, -0.05) is 36.9 Å². The largest absolute Gasteiger partial charge is 0.399 e. The molecule has 0 spiro atoms. The highest BCUT2D eigenvalue weighted by Gasteiger charge is 1.87. The second kappa shape index (κ2) is 4.39. The van der Waals surface area contributed by atoms with E-state index in [0.717, 1.165) is 12.1 Å². The van der Waals surface area contributed by atoms with E-state index in [1.54, 1.807) is 6.08 Å². The molecule has 1 heteroatoms. The number of allylic oxidation sites excluding steroid dienone is 3. The molecule has 0 bridgehead atoms. The fourth-order valence-electron chi connectivity index (χ4n) is 0.954. The highest BCUT2D eigenvalue weighted by molar-refractivity contribution is 5.39. The first-order chi connectivity index (χ1) is 5.83. The zero-order chi connectivity index (χ0) is 8.81. The van der Waals surface area contributed by atoms with Crippen LogP contribution in [0.15, 0.2) is 49.1 Å². The second-order valence-electron chi connectivity index (χ2n) is 2.61. The van der Waals surface area contributed by atoms with Crippen molar-refractivity contribution >= 4 is 5.69 Å². The molecule has 0 amide bonds. The SMILES string of the molecule is C=CC=CCc1ccc(N)cc1. The molecule has 0 aliphatic carbocycles. The van der Waals surface area contributed by atoms with Gasteiger partial charge in [0.2, 0.25) is 0 Å². The summed E-state index contributed by atoms with van der Waals surface area (Å²) in [7, 11) is 0. The van der Waals surface area contributed by atoms with Crippen molar-refractivity contribution in [3.05, 3.63) is 54.6 Å². The molecule has 62 valence electrons. The first kappa shape index (κ1) is 8.60. The van der Waals surface area contributed by atoms with Gasteiger partial charge < -0.3 is 5.73 Å². The monoisotopic (exact) mass is 159 g/mol. The lowest BCUT2D eigenvalue weighted by Gasteiger charge is -1.96. The highest BCUT2D eigenvalue weighted by atomic mass is 14.5. The number of hydrogen-bond donors (Lipinski definition) is 1. The molecular weight excluding hydrogens is 146 g/mol. The van der Waals surface area contributed by atoms with Crippen LogP contribution >= 0.6 is 0 Å². The molecule has 0 heterocycles. The predicted octanol–water partition coefficient (Wildman–Crippen LogP) is 2.55. The zero-order valence-corrected chi connectivity index (χ0v) is 7.03. The summed E-state index contributed by atoms with van der Waals surface area (Å²) in [4.78, 5) is 0. The molecule has 0 radical (unpaired) electrons. The van der Waals surface area contributed by atoms with Crippen LogP contribution in [0.1, 0.15) is 5.56 Å². The van der Waals surface area contributed by atoms with Crippen molar-refractivity contribution in [2.75, 3.05) is 5.73 Å². The normalized spacial score (nSPS) is 10.3. The molecule has 0 aliphatic heterocycles. The molecule has 0 aliphatic rings. The molecule has 2 N–H and O–H groups in total. The smallest absolute Gasteiger partial charge is 0.0314 e. The van der Waals surface area contributed by atoms with Gasteiger partial charge in [0.1, 0.15) is 0 Å². The number of nitrogen functional groups attached to an aromatic ring is 1. The van der Waals surface area contributed by atoms with Crippen molar-refractivity contribution in [1.82, 2.24) is 0 Å². The number of rotatable bonds is 3. The fraction of sp³-hybridized carbons (Fsp3) is 0.0909. The molecule has 1 nitrogen and oxygen atoms in total. The molecule has 1 rings (SSSR count). The van der Waals surface area contributed by atoms with Gasteiger partial charge in [0.15, 0.2) is 0 Å². The van der Waals surface area contributed by atoms with Crippen LogP contribution in [0.5, 0.6) is 0 Å². The maximum atomic E-state index is 5.55. The van der Waals surface area contributed by atoms with Crippen LogP contribution in [-0.2, 0) is 6.42 Å². The van der Waals surface area contributed by atoms with Crippen LogP contribution in [0.4, 0.5) is 5.69 Å². The van der Waals surface area contributed by atoms with Crippen molar-refractivity contribution < 1.29 is 0 Å². The second-order valence-corrected chi connectivity index (χ2v) is 2.61. The van der Waals surface area contributed by atoms with Gasteiger partial charge in [-0.2, -0.15) is 0 Å². The van der Waals surface area contributed by atoms with Gasteiger partial charge in [0.05, 0.1) is 0 Å². The van der Waals surface area contributed by atoms with Gasteiger partial charge in [-0.05, 0) is 24.1 Å². The number of nitrogens with two attached hydrogens (primary N) is 1. The van der Waals surface area contributed by atoms with Crippen LogP contribution in [0.25, 0.3) is 0 Å². The Hall–Kier alpha value is -1.50. The Labute approximate surface area is 73.2 Å². The summed E-state index contributed by atoms with van der Waals surface area (Å²) in [6.07, 6.45) is 6.72. The first-order valence-electron chi connectivity index (χ1n) is 3.95. The Morgan fingerprint density at radius 3 is 2.50 bits per heavy atom. The maximum Gasteiger partial charge on any atom is 0.0314 e. The van der Waals surface area contributed by atoms with Crippen LogP contribution in [0, 0.1) is 0 Å². The summed E-state index contributed by atoms with van der Waals surface area (Å²) in [5.74, 6) is 0. The van der Waals surface area contributed by atoms with Crippen molar-refractivity contribution in [3.8, 4) is 0 Å². The summed E-state index contributed by atoms with van der Waals surface area (Å²) in [5.41, 5.74) is 7.62. The summed E-state index contributed by atoms with van der Waals surface area (Å²) in [5, 5.41) is 0. The molecule has 0 saturated heterocycles. The van der Waals surface area contributed by atoms with E-state index in [1.807, 2.05) is 30.3 Å². The van der Waals surface area contributed by atoms with Gasteiger partial charge >= 0.3 is 0 Å². The predicted molar refractivity (Wildman–Crippen MR) is 53.9 cm³/mol. The molecule has 12 heavy (non-hydrogen) atoms. The third-order valence-electron chi connectivity index (χ3n) is 1.61. The molecule has 1 aromatic carbocycles. The lowest BCUT2D eigenvalue weighted by atomic mass is 10.1. The van der Waals surface area contributed by atoms with Crippen LogP contribution in [-0.4, -0.2) is 0 Å². The average molecular weight is 159 g/mol.